The number of pyridine rings is 2. The molecule has 9 heterocycles. The molecule has 3 radical (unpaired) electrons. The van der Waals surface area contributed by atoms with E-state index in [-0.39, 0.29) is 77.4 Å². The Kier molecular flexibility index (Phi) is 33.4. The number of aliphatic imine (C=N–C) groups is 1. The van der Waals surface area contributed by atoms with Crippen LogP contribution in [-0.2, 0) is 71.5 Å². The van der Waals surface area contributed by atoms with Crippen LogP contribution >= 0.6 is 0 Å². The van der Waals surface area contributed by atoms with Crippen LogP contribution in [0.15, 0.2) is 397 Å². The van der Waals surface area contributed by atoms with Crippen LogP contribution in [0.1, 0.15) is 39.7 Å². The van der Waals surface area contributed by atoms with Crippen molar-refractivity contribution in [2.45, 2.75) is 46.7 Å². The van der Waals surface area contributed by atoms with Gasteiger partial charge in [-0.3, -0.25) is 23.6 Å². The summed E-state index contributed by atoms with van der Waals surface area (Å²) >= 11 is 0. The van der Waals surface area contributed by atoms with Gasteiger partial charge in [0.1, 0.15) is 17.3 Å². The molecule has 0 spiro atoms. The summed E-state index contributed by atoms with van der Waals surface area (Å²) in [5.41, 5.74) is 27.4. The van der Waals surface area contributed by atoms with Gasteiger partial charge in [-0.25, -0.2) is 0 Å². The van der Waals surface area contributed by atoms with E-state index in [0.717, 1.165) is 133 Å². The first kappa shape index (κ1) is 96.4. The summed E-state index contributed by atoms with van der Waals surface area (Å²) in [5, 5.41) is 16.0. The molecule has 0 saturated heterocycles. The number of carbonyl (C=O) groups excluding carboxylic acids is 1. The maximum atomic E-state index is 13.8. The standard InChI is InChI=1S/C27H18N.C21H20N4.C17H14N2O.C16H12N2O.C15H8F2N.C11H13N2.C5H8O2.3Ir/c1-4-10-20(11-5-1)23-16-17-26-25(18-23)24(21-12-6-2-7-13-21)19-27(28-26)22-14-8-3-9-15-22;1-3-8-20(9-4-1)24-16-14-22(18-24)12-7-13-23-15-17-25(19-23)21-10-5-2-6-11-21;1-18-8-9-19-15(18)10-11-6-7-13-12-4-2-3-5-14(12)20-17(13)16(11)19;1-17-9-10-18(11-17)14-7-4-6-13-12-5-2-3-8-15(12)19-16(13)14;16-11-5-6-13(14(17)9-11)15-12-4-2-1-3-10(12)7-8-18-15;1-9(12)8-10(2)13-11-6-4-3-5-7-11;1-4(6)3-5(2)7;;;/h1-14,16-19H;1-6,8,10,14-19H,7,12-13H2;2-9,15H,10H2,1H3;2-6,8-11H,1H3;1-5,7-9H;3-8,12H,1-2H3;3,6H,1-2H3;;;/q-1;-4;;-2;2*-1;;;;. The number of likely N-dealkylation sites (N-methyl/N-ethyl adjacent to an activating group) is 1. The molecule has 133 heavy (non-hydrogen) atoms. The normalized spacial score (nSPS) is 13.9. The van der Waals surface area contributed by atoms with Crippen LogP contribution in [0, 0.1) is 62.0 Å². The van der Waals surface area contributed by atoms with Crippen molar-refractivity contribution in [2.24, 2.45) is 4.99 Å². The SMILES string of the molecule is CC(=O)C=C(C)O.CC([NH-])=CC(C)=Nc1ccccc1.CN1C=CN(c2[c-]ccc3c2oc2ccccc23)[CH-]1.CN1C=CN2c3c(ccc4c3oc3ccccc34)CC12.Fc1c[c-]c(-c2nccc3ccccc23)c(F)c1.[Ir].[Ir].[Ir].[c-]1ccccc1-c1cc(-c2ccccc2)c2cc(-c3ccccc3)ccc2n1.[c-]1ccccc1N1C=CN(CCCN2C=CN(c3[c-]cccc3)[CH-]2)[CH-]1. The van der Waals surface area contributed by atoms with Gasteiger partial charge in [0.2, 0.25) is 0 Å². The number of allylic oxidation sites excluding steroid dienone is 4. The molecular formula is C112H93F2Ir3N12O4-9. The molecule has 5 aliphatic rings. The van der Waals surface area contributed by atoms with Crippen molar-refractivity contribution in [2.75, 3.05) is 46.8 Å². The zero-order chi connectivity index (χ0) is 89.8. The molecular weight excluding hydrogens is 2190 g/mol. The summed E-state index contributed by atoms with van der Waals surface area (Å²) in [7, 11) is 4.12. The number of aliphatic hydroxyl groups excluding tert-OH is 1. The van der Waals surface area contributed by atoms with Crippen molar-refractivity contribution >= 4 is 105 Å². The topological polar surface area (TPSA) is 151 Å². The van der Waals surface area contributed by atoms with Gasteiger partial charge in [0.15, 0.2) is 11.4 Å². The smallest absolute Gasteiger partial charge is 0.159 e. The number of rotatable bonds is 14. The first-order chi connectivity index (χ1) is 63.5. The van der Waals surface area contributed by atoms with Gasteiger partial charge in [-0.05, 0) is 177 Å². The molecule has 0 saturated carbocycles. The zero-order valence-electron chi connectivity index (χ0n) is 73.7. The van der Waals surface area contributed by atoms with Gasteiger partial charge in [-0.1, -0.05) is 199 Å². The molecule has 1 atom stereocenters. The molecule has 17 aromatic rings. The van der Waals surface area contributed by atoms with Crippen LogP contribution in [0.25, 0.3) is 116 Å². The van der Waals surface area contributed by atoms with Gasteiger partial charge in [0.05, 0.1) is 22.7 Å². The number of aliphatic hydroxyl groups is 1. The second-order valence-corrected chi connectivity index (χ2v) is 31.3. The second kappa shape index (κ2) is 46.1. The number of hydrogen-bond acceptors (Lipinski definition) is 15. The summed E-state index contributed by atoms with van der Waals surface area (Å²) < 4.78 is 38.8. The van der Waals surface area contributed by atoms with Gasteiger partial charge < -0.3 is 63.9 Å². The molecule has 22 rings (SSSR count). The molecule has 2 N–H and O–H groups in total. The number of aromatic nitrogens is 2. The van der Waals surface area contributed by atoms with E-state index in [1.807, 2.05) is 213 Å². The van der Waals surface area contributed by atoms with Gasteiger partial charge in [-0.2, -0.15) is 105 Å². The van der Waals surface area contributed by atoms with E-state index in [9.17, 15) is 13.6 Å². The Morgan fingerprint density at radius 1 is 0.526 bits per heavy atom. The molecule has 21 heteroatoms. The Bertz CT molecular complexity index is 6950. The Labute approximate surface area is 815 Å². The van der Waals surface area contributed by atoms with E-state index in [1.54, 1.807) is 19.2 Å². The van der Waals surface area contributed by atoms with Crippen molar-refractivity contribution in [3.05, 3.63) is 456 Å². The van der Waals surface area contributed by atoms with Crippen molar-refractivity contribution < 1.29 is 87.8 Å². The fraction of sp³-hybridized carbons (Fsp3) is 0.0982. The van der Waals surface area contributed by atoms with Gasteiger partial charge in [0.25, 0.3) is 0 Å². The van der Waals surface area contributed by atoms with Crippen molar-refractivity contribution in [3.63, 3.8) is 0 Å². The monoisotopic (exact) mass is 2290 g/mol. The molecule has 5 aliphatic heterocycles. The van der Waals surface area contributed by atoms with E-state index in [4.69, 9.17) is 24.7 Å². The predicted octanol–water partition coefficient (Wildman–Crippen LogP) is 27.0. The third kappa shape index (κ3) is 24.2. The van der Waals surface area contributed by atoms with Crippen molar-refractivity contribution in [1.29, 1.82) is 0 Å². The summed E-state index contributed by atoms with van der Waals surface area (Å²) in [4.78, 5) is 40.7. The Balaban J connectivity index is 0.000000135. The molecule has 0 amide bonds. The number of para-hydroxylation sites is 5. The van der Waals surface area contributed by atoms with Gasteiger partial charge in [-0.15, -0.1) is 59.4 Å². The Morgan fingerprint density at radius 2 is 1.11 bits per heavy atom. The number of nitrogens with one attached hydrogen (secondary N) is 1. The largest absolute Gasteiger partial charge is 0.702 e. The quantitative estimate of drug-likeness (QED) is 0.0476. The third-order valence-corrected chi connectivity index (χ3v) is 21.7. The van der Waals surface area contributed by atoms with Crippen LogP contribution in [0.4, 0.5) is 37.2 Å². The molecule has 0 aliphatic carbocycles. The minimum absolute atomic E-state index is 0. The Morgan fingerprint density at radius 3 is 1.71 bits per heavy atom. The van der Waals surface area contributed by atoms with Crippen LogP contribution in [0.5, 0.6) is 0 Å². The fourth-order valence-corrected chi connectivity index (χ4v) is 15.7. The van der Waals surface area contributed by atoms with E-state index >= 15 is 0 Å². The average molecular weight is 2290 g/mol. The molecule has 4 aromatic heterocycles. The maximum Gasteiger partial charge on any atom is 0.159 e. The number of halogens is 2. The Hall–Kier alpha value is -14.1. The van der Waals surface area contributed by atoms with Crippen LogP contribution in [0.2, 0.25) is 0 Å². The van der Waals surface area contributed by atoms with Crippen molar-refractivity contribution in [3.8, 4) is 44.8 Å². The minimum atomic E-state index is -0.654. The molecule has 16 nitrogen and oxygen atoms in total. The number of carbonyl (C=O) groups is 1. The number of fused-ring (bicyclic) bond motifs is 12. The summed E-state index contributed by atoms with van der Waals surface area (Å²) in [6.45, 7) is 14.7. The summed E-state index contributed by atoms with van der Waals surface area (Å²) in [6, 6.07) is 115. The number of anilines is 4. The van der Waals surface area contributed by atoms with Crippen molar-refractivity contribution in [1.82, 2.24) is 29.6 Å². The number of nitrogens with zero attached hydrogens (tertiary/aromatic N) is 11. The minimum Gasteiger partial charge on any atom is -0.702 e. The van der Waals surface area contributed by atoms with Crippen LogP contribution in [0.3, 0.4) is 0 Å². The van der Waals surface area contributed by atoms with Gasteiger partial charge >= 0.3 is 0 Å². The van der Waals surface area contributed by atoms with E-state index in [1.165, 1.54) is 64.2 Å². The third-order valence-electron chi connectivity index (χ3n) is 21.7. The fourth-order valence-electron chi connectivity index (χ4n) is 15.7. The number of furan rings is 2. The van der Waals surface area contributed by atoms with Gasteiger partial charge in [0, 0.05) is 143 Å². The summed E-state index contributed by atoms with van der Waals surface area (Å²) in [5.74, 6) is -1.36. The first-order valence-electron chi connectivity index (χ1n) is 42.7. The molecule has 675 valence electrons. The molecule has 0 bridgehead atoms. The van der Waals surface area contributed by atoms with E-state index in [2.05, 4.69) is 249 Å². The average Bonchev–Trinajstić information content (AvgIpc) is 1.55. The van der Waals surface area contributed by atoms with Crippen LogP contribution in [-0.4, -0.2) is 79.5 Å². The molecule has 0 fully saturated rings. The number of hydrogen-bond donors (Lipinski definition) is 1. The number of benzene rings is 13. The summed E-state index contributed by atoms with van der Waals surface area (Å²) in [6.07, 6.45) is 23.7. The predicted molar refractivity (Wildman–Crippen MR) is 524 cm³/mol. The maximum absolute atomic E-state index is 13.8. The van der Waals surface area contributed by atoms with E-state index < -0.39 is 11.6 Å². The van der Waals surface area contributed by atoms with Crippen LogP contribution < -0.4 is 19.6 Å². The molecule has 1 unspecified atom stereocenters. The first-order valence-corrected chi connectivity index (χ1v) is 42.7. The molecule has 13 aromatic carbocycles. The number of ketones is 1. The van der Waals surface area contributed by atoms with E-state index in [0.29, 0.717) is 17.6 Å². The zero-order valence-corrected chi connectivity index (χ0v) is 80.9. The second-order valence-electron chi connectivity index (χ2n) is 31.3.